The van der Waals surface area contributed by atoms with Crippen LogP contribution in [0.5, 0.6) is 0 Å². The molecule has 0 saturated carbocycles. The van der Waals surface area contributed by atoms with Gasteiger partial charge in [0.15, 0.2) is 5.11 Å². The van der Waals surface area contributed by atoms with Gasteiger partial charge in [-0.1, -0.05) is 13.8 Å². The highest BCUT2D eigenvalue weighted by Crippen LogP contribution is 2.15. The van der Waals surface area contributed by atoms with Crippen LogP contribution >= 0.6 is 12.2 Å². The van der Waals surface area contributed by atoms with E-state index in [0.29, 0.717) is 11.0 Å². The van der Waals surface area contributed by atoms with Crippen molar-refractivity contribution in [1.82, 2.24) is 20.4 Å². The average molecular weight is 254 g/mol. The maximum Gasteiger partial charge on any atom is 0.166 e. The van der Waals surface area contributed by atoms with Gasteiger partial charge in [-0.25, -0.2) is 0 Å². The van der Waals surface area contributed by atoms with E-state index in [9.17, 15) is 0 Å². The molecule has 0 aliphatic rings. The van der Waals surface area contributed by atoms with Crippen LogP contribution in [0.1, 0.15) is 38.1 Å². The van der Waals surface area contributed by atoms with Gasteiger partial charge in [-0.05, 0) is 32.0 Å². The molecule has 0 fully saturated rings. The van der Waals surface area contributed by atoms with Crippen molar-refractivity contribution in [3.8, 4) is 0 Å². The summed E-state index contributed by atoms with van der Waals surface area (Å²) in [5, 5.41) is 11.4. The zero-order valence-corrected chi connectivity index (χ0v) is 12.1. The van der Waals surface area contributed by atoms with Crippen LogP contribution in [-0.2, 0) is 7.05 Å². The first kappa shape index (κ1) is 14.0. The summed E-state index contributed by atoms with van der Waals surface area (Å²) in [5.74, 6) is 0.588. The predicted molar refractivity (Wildman–Crippen MR) is 74.9 cm³/mol. The maximum absolute atomic E-state index is 5.25. The lowest BCUT2D eigenvalue weighted by molar-refractivity contribution is 0.608. The predicted octanol–water partition coefficient (Wildman–Crippen LogP) is 1.91. The maximum atomic E-state index is 5.25. The lowest BCUT2D eigenvalue weighted by Crippen LogP contribution is -2.38. The van der Waals surface area contributed by atoms with E-state index in [1.807, 2.05) is 17.9 Å². The first-order valence-corrected chi connectivity index (χ1v) is 6.35. The van der Waals surface area contributed by atoms with Gasteiger partial charge in [0.05, 0.1) is 12.2 Å². The lowest BCUT2D eigenvalue weighted by atomic mass is 10.1. The number of aromatic nitrogens is 2. The molecule has 0 aliphatic carbocycles. The van der Waals surface area contributed by atoms with Gasteiger partial charge >= 0.3 is 0 Å². The molecule has 0 radical (unpaired) electrons. The Balaban J connectivity index is 2.52. The minimum Gasteiger partial charge on any atom is -0.362 e. The van der Waals surface area contributed by atoms with Gasteiger partial charge in [0.2, 0.25) is 0 Å². The van der Waals surface area contributed by atoms with E-state index in [-0.39, 0.29) is 6.04 Å². The molecule has 0 amide bonds. The van der Waals surface area contributed by atoms with Crippen molar-refractivity contribution >= 4 is 17.3 Å². The van der Waals surface area contributed by atoms with Crippen molar-refractivity contribution in [3.05, 3.63) is 17.5 Å². The largest absolute Gasteiger partial charge is 0.362 e. The Bertz CT molecular complexity index is 384. The molecular formula is C12H22N4S. The molecule has 1 unspecified atom stereocenters. The van der Waals surface area contributed by atoms with Gasteiger partial charge in [0, 0.05) is 24.8 Å². The van der Waals surface area contributed by atoms with Gasteiger partial charge in [0.25, 0.3) is 0 Å². The van der Waals surface area contributed by atoms with Gasteiger partial charge in [-0.15, -0.1) is 0 Å². The van der Waals surface area contributed by atoms with Crippen molar-refractivity contribution in [2.75, 3.05) is 6.54 Å². The van der Waals surface area contributed by atoms with E-state index in [1.54, 1.807) is 0 Å². The van der Waals surface area contributed by atoms with E-state index in [4.69, 9.17) is 12.2 Å². The summed E-state index contributed by atoms with van der Waals surface area (Å²) in [6.45, 7) is 9.36. The summed E-state index contributed by atoms with van der Waals surface area (Å²) in [6.07, 6.45) is 1.89. The molecule has 0 aliphatic heterocycles. The third-order valence-electron chi connectivity index (χ3n) is 2.76. The minimum atomic E-state index is 0.177. The van der Waals surface area contributed by atoms with Gasteiger partial charge in [0.1, 0.15) is 0 Å². The number of aryl methyl sites for hydroxylation is 1. The number of thiocarbonyl (C=S) groups is 1. The second-order valence-corrected chi connectivity index (χ2v) is 5.19. The fourth-order valence-electron chi connectivity index (χ4n) is 1.56. The van der Waals surface area contributed by atoms with Gasteiger partial charge in [-0.2, -0.15) is 5.10 Å². The Morgan fingerprint density at radius 1 is 1.47 bits per heavy atom. The monoisotopic (exact) mass is 254 g/mol. The molecule has 1 rings (SSSR count). The molecule has 1 aromatic rings. The molecule has 0 spiro atoms. The summed E-state index contributed by atoms with van der Waals surface area (Å²) in [5.41, 5.74) is 2.35. The van der Waals surface area contributed by atoms with Crippen LogP contribution in [0, 0.1) is 12.8 Å². The average Bonchev–Trinajstić information content (AvgIpc) is 2.57. The SMILES string of the molecule is Cc1c(C(C)NC(=S)NCC(C)C)cnn1C. The summed E-state index contributed by atoms with van der Waals surface area (Å²) in [6, 6.07) is 0.177. The van der Waals surface area contributed by atoms with Crippen LogP contribution in [0.3, 0.4) is 0 Å². The van der Waals surface area contributed by atoms with E-state index >= 15 is 0 Å². The lowest BCUT2D eigenvalue weighted by Gasteiger charge is -2.17. The number of nitrogens with zero attached hydrogens (tertiary/aromatic N) is 2. The highest BCUT2D eigenvalue weighted by Gasteiger charge is 2.12. The Hall–Kier alpha value is -1.10. The molecule has 0 saturated heterocycles. The van der Waals surface area contributed by atoms with Crippen molar-refractivity contribution in [2.24, 2.45) is 13.0 Å². The van der Waals surface area contributed by atoms with Crippen molar-refractivity contribution < 1.29 is 0 Å². The summed E-state index contributed by atoms with van der Waals surface area (Å²) >= 11 is 5.25. The van der Waals surface area contributed by atoms with Crippen LogP contribution in [0.2, 0.25) is 0 Å². The third-order valence-corrected chi connectivity index (χ3v) is 3.02. The van der Waals surface area contributed by atoms with Crippen LogP contribution in [0.25, 0.3) is 0 Å². The normalized spacial score (nSPS) is 12.6. The Kier molecular flexibility index (Phi) is 4.93. The first-order chi connectivity index (χ1) is 7.91. The van der Waals surface area contributed by atoms with E-state index in [1.165, 1.54) is 5.56 Å². The Labute approximate surface area is 109 Å². The topological polar surface area (TPSA) is 41.9 Å². The molecule has 1 heterocycles. The van der Waals surface area contributed by atoms with Crippen LogP contribution < -0.4 is 10.6 Å². The molecule has 1 aromatic heterocycles. The van der Waals surface area contributed by atoms with Crippen LogP contribution in [0.4, 0.5) is 0 Å². The quantitative estimate of drug-likeness (QED) is 0.806. The number of nitrogens with one attached hydrogen (secondary N) is 2. The summed E-state index contributed by atoms with van der Waals surface area (Å²) in [4.78, 5) is 0. The van der Waals surface area contributed by atoms with Crippen molar-refractivity contribution in [3.63, 3.8) is 0 Å². The van der Waals surface area contributed by atoms with E-state index in [0.717, 1.165) is 12.2 Å². The Morgan fingerprint density at radius 2 is 2.12 bits per heavy atom. The highest BCUT2D eigenvalue weighted by molar-refractivity contribution is 7.80. The molecule has 17 heavy (non-hydrogen) atoms. The number of hydrogen-bond donors (Lipinski definition) is 2. The summed E-state index contributed by atoms with van der Waals surface area (Å²) < 4.78 is 1.87. The third kappa shape index (κ3) is 4.00. The second-order valence-electron chi connectivity index (χ2n) is 4.78. The fourth-order valence-corrected chi connectivity index (χ4v) is 1.82. The van der Waals surface area contributed by atoms with Gasteiger partial charge in [-0.3, -0.25) is 4.68 Å². The zero-order valence-electron chi connectivity index (χ0n) is 11.2. The molecule has 1 atom stereocenters. The van der Waals surface area contributed by atoms with Gasteiger partial charge < -0.3 is 10.6 Å². The number of rotatable bonds is 4. The minimum absolute atomic E-state index is 0.177. The molecule has 96 valence electrons. The molecule has 0 bridgehead atoms. The molecule has 5 heteroatoms. The van der Waals surface area contributed by atoms with Crippen molar-refractivity contribution in [1.29, 1.82) is 0 Å². The fraction of sp³-hybridized carbons (Fsp3) is 0.667. The van der Waals surface area contributed by atoms with E-state index in [2.05, 4.69) is 43.4 Å². The van der Waals surface area contributed by atoms with E-state index < -0.39 is 0 Å². The molecule has 0 aromatic carbocycles. The van der Waals surface area contributed by atoms with Crippen LogP contribution in [-0.4, -0.2) is 21.4 Å². The number of hydrogen-bond acceptors (Lipinski definition) is 2. The zero-order chi connectivity index (χ0) is 13.0. The van der Waals surface area contributed by atoms with Crippen LogP contribution in [0.15, 0.2) is 6.20 Å². The van der Waals surface area contributed by atoms with Crippen molar-refractivity contribution in [2.45, 2.75) is 33.7 Å². The summed E-state index contributed by atoms with van der Waals surface area (Å²) in [7, 11) is 1.95. The Morgan fingerprint density at radius 3 is 2.59 bits per heavy atom. The standard InChI is InChI=1S/C12H22N4S/c1-8(2)6-13-12(17)15-9(3)11-7-14-16(5)10(11)4/h7-9H,6H2,1-5H3,(H2,13,15,17). The first-order valence-electron chi connectivity index (χ1n) is 5.94. The second kappa shape index (κ2) is 6.00. The smallest absolute Gasteiger partial charge is 0.166 e. The molecule has 4 nitrogen and oxygen atoms in total. The molecule has 2 N–H and O–H groups in total. The highest BCUT2D eigenvalue weighted by atomic mass is 32.1. The molecular weight excluding hydrogens is 232 g/mol.